The van der Waals surface area contributed by atoms with E-state index in [1.54, 1.807) is 49.0 Å². The monoisotopic (exact) mass is 419 g/mol. The quantitative estimate of drug-likeness (QED) is 0.676. The molecule has 1 aromatic carbocycles. The lowest BCUT2D eigenvalue weighted by molar-refractivity contribution is -0.156. The maximum atomic E-state index is 13.4. The molecule has 0 aliphatic carbocycles. The van der Waals surface area contributed by atoms with E-state index in [-0.39, 0.29) is 22.4 Å². The van der Waals surface area contributed by atoms with E-state index in [0.29, 0.717) is 12.2 Å². The zero-order valence-corrected chi connectivity index (χ0v) is 17.8. The number of hydrogen-bond acceptors (Lipinski definition) is 7. The van der Waals surface area contributed by atoms with Gasteiger partial charge in [-0.15, -0.1) is 0 Å². The maximum absolute atomic E-state index is 13.4. The smallest absolute Gasteiger partial charge is 0.333 e. The summed E-state index contributed by atoms with van der Waals surface area (Å²) in [5, 5.41) is 0. The highest BCUT2D eigenvalue weighted by atomic mass is 32.2. The van der Waals surface area contributed by atoms with Crippen LogP contribution >= 0.6 is 0 Å². The first-order valence-electron chi connectivity index (χ1n) is 9.67. The first-order chi connectivity index (χ1) is 13.5. The number of ether oxygens (including phenoxy) is 1. The number of aliphatic imine (C=N–C) groups is 1. The SMILES string of the molecule is CC(C)(C)OC(=O)[C@H]1N=CN2c3cccc(S(C)(=O)=O)c3C(=O)N3CCCC3C12. The number of sulfone groups is 1. The molecule has 3 heterocycles. The number of rotatable bonds is 2. The fourth-order valence-electron chi connectivity index (χ4n) is 4.44. The van der Waals surface area contributed by atoms with Gasteiger partial charge in [-0.25, -0.2) is 13.2 Å². The molecule has 2 unspecified atom stereocenters. The van der Waals surface area contributed by atoms with E-state index < -0.39 is 33.5 Å². The number of carbonyl (C=O) groups is 2. The van der Waals surface area contributed by atoms with Crippen LogP contribution in [-0.2, 0) is 19.4 Å². The molecule has 0 saturated carbocycles. The van der Waals surface area contributed by atoms with Crippen LogP contribution in [0.5, 0.6) is 0 Å². The summed E-state index contributed by atoms with van der Waals surface area (Å²) in [4.78, 5) is 34.2. The Labute approximate surface area is 170 Å². The predicted octanol–water partition coefficient (Wildman–Crippen LogP) is 1.64. The Hall–Kier alpha value is -2.42. The Balaban J connectivity index is 1.85. The third-order valence-corrected chi connectivity index (χ3v) is 6.63. The summed E-state index contributed by atoms with van der Waals surface area (Å²) in [5.41, 5.74) is -0.0371. The highest BCUT2D eigenvalue weighted by Gasteiger charge is 2.51. The van der Waals surface area contributed by atoms with Crippen molar-refractivity contribution < 1.29 is 22.7 Å². The van der Waals surface area contributed by atoms with Crippen molar-refractivity contribution in [1.82, 2.24) is 4.90 Å². The van der Waals surface area contributed by atoms with Crippen molar-refractivity contribution in [1.29, 1.82) is 0 Å². The van der Waals surface area contributed by atoms with Crippen LogP contribution in [0.25, 0.3) is 0 Å². The minimum absolute atomic E-state index is 0.000387. The molecule has 0 bridgehead atoms. The van der Waals surface area contributed by atoms with E-state index in [1.165, 1.54) is 6.07 Å². The Kier molecular flexibility index (Phi) is 4.49. The Morgan fingerprint density at radius 3 is 2.66 bits per heavy atom. The summed E-state index contributed by atoms with van der Waals surface area (Å²) in [7, 11) is -3.62. The highest BCUT2D eigenvalue weighted by molar-refractivity contribution is 7.90. The van der Waals surface area contributed by atoms with E-state index in [4.69, 9.17) is 4.74 Å². The van der Waals surface area contributed by atoms with E-state index in [9.17, 15) is 18.0 Å². The first kappa shape index (κ1) is 19.9. The fraction of sp³-hybridized carbons (Fsp3) is 0.550. The van der Waals surface area contributed by atoms with Crippen LogP contribution in [-0.4, -0.2) is 68.1 Å². The van der Waals surface area contributed by atoms with Crippen LogP contribution in [0.4, 0.5) is 5.69 Å². The van der Waals surface area contributed by atoms with Crippen molar-refractivity contribution in [2.45, 2.75) is 62.2 Å². The van der Waals surface area contributed by atoms with E-state index in [1.807, 2.05) is 0 Å². The van der Waals surface area contributed by atoms with Gasteiger partial charge in [0.25, 0.3) is 5.91 Å². The van der Waals surface area contributed by atoms with Crippen molar-refractivity contribution in [3.05, 3.63) is 23.8 Å². The molecule has 1 saturated heterocycles. The van der Waals surface area contributed by atoms with Crippen LogP contribution < -0.4 is 4.90 Å². The van der Waals surface area contributed by atoms with Crippen molar-refractivity contribution in [3.8, 4) is 0 Å². The van der Waals surface area contributed by atoms with Crippen molar-refractivity contribution in [2.24, 2.45) is 4.99 Å². The largest absolute Gasteiger partial charge is 0.458 e. The number of hydrogen-bond donors (Lipinski definition) is 0. The maximum Gasteiger partial charge on any atom is 0.333 e. The molecular weight excluding hydrogens is 394 g/mol. The Morgan fingerprint density at radius 1 is 1.28 bits per heavy atom. The van der Waals surface area contributed by atoms with Crippen LogP contribution in [0.3, 0.4) is 0 Å². The fourth-order valence-corrected chi connectivity index (χ4v) is 5.33. The van der Waals surface area contributed by atoms with Gasteiger partial charge >= 0.3 is 5.97 Å². The van der Waals surface area contributed by atoms with Gasteiger partial charge in [-0.1, -0.05) is 6.07 Å². The second-order valence-electron chi connectivity index (χ2n) is 8.77. The van der Waals surface area contributed by atoms with Gasteiger partial charge in [-0.3, -0.25) is 9.79 Å². The summed E-state index contributed by atoms with van der Waals surface area (Å²) in [6, 6.07) is 3.33. The number of fused-ring (bicyclic) bond motifs is 5. The molecule has 156 valence electrons. The number of benzene rings is 1. The molecule has 3 aliphatic rings. The molecule has 0 spiro atoms. The molecule has 9 heteroatoms. The van der Waals surface area contributed by atoms with Crippen molar-refractivity contribution in [3.63, 3.8) is 0 Å². The number of nitrogens with zero attached hydrogens (tertiary/aromatic N) is 3. The second-order valence-corrected chi connectivity index (χ2v) is 10.8. The summed E-state index contributed by atoms with van der Waals surface area (Å²) < 4.78 is 30.3. The number of esters is 1. The standard InChI is InChI=1S/C20H25N3O5S/c1-20(2,3)28-19(25)16-17-13-8-6-10-22(13)18(24)15-12(23(17)11-21-16)7-5-9-14(15)29(4,26)27/h5,7,9,11,13,16-17H,6,8,10H2,1-4H3/t13?,16-,17?/m0/s1. The van der Waals surface area contributed by atoms with Gasteiger partial charge in [0.15, 0.2) is 15.9 Å². The number of anilines is 1. The van der Waals surface area contributed by atoms with Gasteiger partial charge in [-0.05, 0) is 45.7 Å². The third kappa shape index (κ3) is 3.31. The lowest BCUT2D eigenvalue weighted by Gasteiger charge is -2.34. The van der Waals surface area contributed by atoms with Crippen LogP contribution in [0, 0.1) is 0 Å². The predicted molar refractivity (Wildman–Crippen MR) is 108 cm³/mol. The molecule has 8 nitrogen and oxygen atoms in total. The molecule has 3 atom stereocenters. The highest BCUT2D eigenvalue weighted by Crippen LogP contribution is 2.40. The molecule has 1 fully saturated rings. The average molecular weight is 420 g/mol. The van der Waals surface area contributed by atoms with Gasteiger partial charge in [0.1, 0.15) is 5.60 Å². The molecule has 0 N–H and O–H groups in total. The van der Waals surface area contributed by atoms with Gasteiger partial charge in [0.2, 0.25) is 0 Å². The number of amides is 1. The normalized spacial score (nSPS) is 26.1. The topological polar surface area (TPSA) is 96.3 Å². The lowest BCUT2D eigenvalue weighted by Crippen LogP contribution is -2.53. The Morgan fingerprint density at radius 2 is 2.00 bits per heavy atom. The molecular formula is C20H25N3O5S. The molecule has 1 amide bonds. The summed E-state index contributed by atoms with van der Waals surface area (Å²) in [5.74, 6) is -0.752. The summed E-state index contributed by atoms with van der Waals surface area (Å²) in [6.07, 6.45) is 4.15. The molecule has 0 radical (unpaired) electrons. The summed E-state index contributed by atoms with van der Waals surface area (Å²) in [6.45, 7) is 5.92. The minimum atomic E-state index is -3.62. The van der Waals surface area contributed by atoms with Gasteiger partial charge < -0.3 is 14.5 Å². The first-order valence-corrected chi connectivity index (χ1v) is 11.6. The van der Waals surface area contributed by atoms with E-state index in [2.05, 4.69) is 4.99 Å². The third-order valence-electron chi connectivity index (χ3n) is 5.49. The van der Waals surface area contributed by atoms with Crippen LogP contribution in [0.15, 0.2) is 28.1 Å². The van der Waals surface area contributed by atoms with Crippen molar-refractivity contribution >= 4 is 33.7 Å². The van der Waals surface area contributed by atoms with E-state index in [0.717, 1.165) is 19.1 Å². The van der Waals surface area contributed by atoms with Crippen LogP contribution in [0.1, 0.15) is 44.0 Å². The van der Waals surface area contributed by atoms with Crippen molar-refractivity contribution in [2.75, 3.05) is 17.7 Å². The van der Waals surface area contributed by atoms with Gasteiger partial charge in [-0.2, -0.15) is 0 Å². The minimum Gasteiger partial charge on any atom is -0.458 e. The molecule has 4 rings (SSSR count). The zero-order chi connectivity index (χ0) is 21.1. The summed E-state index contributed by atoms with van der Waals surface area (Å²) >= 11 is 0. The molecule has 0 aromatic heterocycles. The van der Waals surface area contributed by atoms with Gasteiger partial charge in [0.05, 0.1) is 34.6 Å². The molecule has 29 heavy (non-hydrogen) atoms. The van der Waals surface area contributed by atoms with Gasteiger partial charge in [0, 0.05) is 12.8 Å². The molecule has 1 aromatic rings. The average Bonchev–Trinajstić information content (AvgIpc) is 3.22. The van der Waals surface area contributed by atoms with Crippen LogP contribution in [0.2, 0.25) is 0 Å². The number of carbonyl (C=O) groups excluding carboxylic acids is 2. The second kappa shape index (κ2) is 6.55. The molecule has 3 aliphatic heterocycles. The Bertz CT molecular complexity index is 1010. The van der Waals surface area contributed by atoms with E-state index >= 15 is 0 Å². The zero-order valence-electron chi connectivity index (χ0n) is 17.0. The lowest BCUT2D eigenvalue weighted by atomic mass is 9.97.